The van der Waals surface area contributed by atoms with E-state index in [2.05, 4.69) is 5.32 Å². The molecule has 5 rings (SSSR count). The fourth-order valence-electron chi connectivity index (χ4n) is 5.56. The number of carbonyl (C=O) groups excluding carboxylic acids is 1. The summed E-state index contributed by atoms with van der Waals surface area (Å²) in [6.07, 6.45) is 3.50. The number of halogens is 3. The fraction of sp³-hybridized carbons (Fsp3) is 0.412. The largest absolute Gasteiger partial charge is 0.488 e. The molecule has 0 saturated carbocycles. The Kier molecular flexibility index (Phi) is 10.8. The van der Waals surface area contributed by atoms with E-state index in [0.29, 0.717) is 17.7 Å². The molecule has 2 heterocycles. The van der Waals surface area contributed by atoms with Gasteiger partial charge < -0.3 is 29.0 Å². The van der Waals surface area contributed by atoms with Gasteiger partial charge in [-0.2, -0.15) is 5.26 Å². The predicted octanol–water partition coefficient (Wildman–Crippen LogP) is 7.44. The van der Waals surface area contributed by atoms with E-state index in [0.717, 1.165) is 38.2 Å². The fourth-order valence-corrected chi connectivity index (χ4v) is 5.82. The third-order valence-corrected chi connectivity index (χ3v) is 8.23. The zero-order chi connectivity index (χ0) is 31.8. The molecule has 1 saturated heterocycles. The molecule has 11 heteroatoms. The van der Waals surface area contributed by atoms with E-state index < -0.39 is 23.3 Å². The van der Waals surface area contributed by atoms with E-state index in [1.54, 1.807) is 0 Å². The van der Waals surface area contributed by atoms with E-state index in [1.165, 1.54) is 12.1 Å². The van der Waals surface area contributed by atoms with E-state index in [9.17, 15) is 10.1 Å². The lowest BCUT2D eigenvalue weighted by Gasteiger charge is -2.29. The first-order chi connectivity index (χ1) is 21.9. The van der Waals surface area contributed by atoms with Crippen molar-refractivity contribution in [2.24, 2.45) is 0 Å². The highest BCUT2D eigenvalue weighted by molar-refractivity contribution is 6.34. The summed E-state index contributed by atoms with van der Waals surface area (Å²) in [4.78, 5) is 12.5. The second-order valence-electron chi connectivity index (χ2n) is 10.9. The maximum atomic E-state index is 16.2. The molecule has 1 amide bonds. The summed E-state index contributed by atoms with van der Waals surface area (Å²) in [5, 5.41) is 12.4. The molecule has 2 aliphatic heterocycles. The zero-order valence-electron chi connectivity index (χ0n) is 25.0. The molecule has 0 aromatic heterocycles. The molecule has 8 nitrogen and oxygen atoms in total. The Morgan fingerprint density at radius 2 is 1.96 bits per heavy atom. The van der Waals surface area contributed by atoms with Gasteiger partial charge in [-0.15, -0.1) is 0 Å². The van der Waals surface area contributed by atoms with Gasteiger partial charge in [-0.1, -0.05) is 55.3 Å². The van der Waals surface area contributed by atoms with Crippen LogP contribution in [0, 0.1) is 23.0 Å². The lowest BCUT2D eigenvalue weighted by Crippen LogP contribution is -2.44. The highest BCUT2D eigenvalue weighted by Gasteiger charge is 2.44. The molecule has 3 aromatic rings. The summed E-state index contributed by atoms with van der Waals surface area (Å²) in [7, 11) is 0. The Balaban J connectivity index is 1.47. The van der Waals surface area contributed by atoms with Crippen LogP contribution in [-0.4, -0.2) is 45.4 Å². The average molecular weight is 641 g/mol. The molecule has 45 heavy (non-hydrogen) atoms. The van der Waals surface area contributed by atoms with Crippen LogP contribution in [0.15, 0.2) is 48.5 Å². The lowest BCUT2D eigenvalue weighted by molar-refractivity contribution is -0.165. The number of amides is 1. The van der Waals surface area contributed by atoms with Crippen LogP contribution < -0.4 is 14.8 Å². The number of benzene rings is 3. The summed E-state index contributed by atoms with van der Waals surface area (Å²) in [6.45, 7) is 3.04. The van der Waals surface area contributed by atoms with Crippen LogP contribution in [0.3, 0.4) is 0 Å². The van der Waals surface area contributed by atoms with E-state index in [4.69, 9.17) is 35.3 Å². The second-order valence-corrected chi connectivity index (χ2v) is 11.3. The molecule has 0 radical (unpaired) electrons. The second kappa shape index (κ2) is 14.9. The van der Waals surface area contributed by atoms with Gasteiger partial charge in [-0.05, 0) is 43.4 Å². The number of ether oxygens (including phenoxy) is 5. The number of nitrogens with one attached hydrogen (secondary N) is 1. The van der Waals surface area contributed by atoms with Crippen LogP contribution in [-0.2, 0) is 26.2 Å². The van der Waals surface area contributed by atoms with Crippen molar-refractivity contribution in [1.29, 1.82) is 5.26 Å². The Morgan fingerprint density at radius 1 is 1.13 bits per heavy atom. The van der Waals surface area contributed by atoms with Crippen molar-refractivity contribution in [2.45, 2.75) is 57.3 Å². The molecule has 2 aliphatic rings. The zero-order valence-corrected chi connectivity index (χ0v) is 25.8. The molecular weight excluding hydrogens is 606 g/mol. The van der Waals surface area contributed by atoms with E-state index >= 15 is 8.78 Å². The standard InChI is InChI=1S/C34H35ClF2N2O6/c1-2-3-14-44-33(40)39-21-34(23-9-5-4-6-10-23)19-24-27(45-34)18-25(36)31(35)30(24)29-22(20-38)12-13-26(32(29)37)41-16-17-43-28-11-7-8-15-42-28/h4-6,9-10,12-13,18,28H,2-3,7-8,11,14-17,19,21H2,1H3,(H,39,40)/t28?,34-/m1/s1. The number of unbranched alkanes of at least 4 members (excludes halogenated alkanes) is 1. The highest BCUT2D eigenvalue weighted by atomic mass is 35.5. The van der Waals surface area contributed by atoms with Gasteiger partial charge in [-0.25, -0.2) is 13.6 Å². The Hall–Kier alpha value is -3.91. The molecular formula is C34H35ClF2N2O6. The van der Waals surface area contributed by atoms with Crippen molar-refractivity contribution in [2.75, 3.05) is 33.0 Å². The van der Waals surface area contributed by atoms with Crippen LogP contribution >= 0.6 is 11.6 Å². The molecule has 0 aliphatic carbocycles. The smallest absolute Gasteiger partial charge is 0.407 e. The summed E-state index contributed by atoms with van der Waals surface area (Å²) < 4.78 is 60.2. The van der Waals surface area contributed by atoms with Crippen molar-refractivity contribution >= 4 is 17.7 Å². The monoisotopic (exact) mass is 640 g/mol. The number of rotatable bonds is 12. The summed E-state index contributed by atoms with van der Waals surface area (Å²) in [5.41, 5.74) is -0.395. The van der Waals surface area contributed by atoms with Crippen LogP contribution in [0.25, 0.3) is 11.1 Å². The van der Waals surface area contributed by atoms with Gasteiger partial charge in [-0.3, -0.25) is 0 Å². The number of alkyl carbamates (subject to hydrolysis) is 1. The summed E-state index contributed by atoms with van der Waals surface area (Å²) in [6, 6.07) is 15.0. The number of fused-ring (bicyclic) bond motifs is 1. The van der Waals surface area contributed by atoms with Gasteiger partial charge >= 0.3 is 6.09 Å². The number of nitriles is 1. The first kappa shape index (κ1) is 32.5. The molecule has 238 valence electrons. The van der Waals surface area contributed by atoms with Crippen molar-refractivity contribution < 1.29 is 37.3 Å². The van der Waals surface area contributed by atoms with Gasteiger partial charge in [0, 0.05) is 35.8 Å². The molecule has 3 aromatic carbocycles. The third kappa shape index (κ3) is 7.33. The first-order valence-electron chi connectivity index (χ1n) is 15.1. The van der Waals surface area contributed by atoms with Crippen molar-refractivity contribution in [3.8, 4) is 28.7 Å². The SMILES string of the molecule is CCCCOC(=O)NC[C@@]1(c2ccccc2)Cc2c(cc(F)c(Cl)c2-c2c(C#N)ccc(OCCOC3CCCCO3)c2F)O1. The van der Waals surface area contributed by atoms with Gasteiger partial charge in [0.05, 0.1) is 36.4 Å². The molecule has 2 atom stereocenters. The average Bonchev–Trinajstić information content (AvgIpc) is 3.43. The molecule has 1 unspecified atom stereocenters. The molecule has 0 bridgehead atoms. The minimum atomic E-state index is -1.20. The molecule has 0 spiro atoms. The van der Waals surface area contributed by atoms with Crippen LogP contribution in [0.2, 0.25) is 5.02 Å². The van der Waals surface area contributed by atoms with E-state index in [1.807, 2.05) is 43.3 Å². The van der Waals surface area contributed by atoms with Crippen LogP contribution in [0.5, 0.6) is 11.5 Å². The van der Waals surface area contributed by atoms with Gasteiger partial charge in [0.2, 0.25) is 0 Å². The maximum Gasteiger partial charge on any atom is 0.407 e. The normalized spacial score (nSPS) is 18.9. The van der Waals surface area contributed by atoms with Gasteiger partial charge in [0.15, 0.2) is 23.5 Å². The maximum absolute atomic E-state index is 16.2. The Labute approximate surface area is 266 Å². The van der Waals surface area contributed by atoms with Gasteiger partial charge in [0.25, 0.3) is 0 Å². The van der Waals surface area contributed by atoms with E-state index in [-0.39, 0.29) is 72.3 Å². The predicted molar refractivity (Wildman–Crippen MR) is 163 cm³/mol. The number of carbonyl (C=O) groups is 1. The summed E-state index contributed by atoms with van der Waals surface area (Å²) in [5.74, 6) is -1.74. The molecule has 1 fully saturated rings. The highest BCUT2D eigenvalue weighted by Crippen LogP contribution is 2.50. The van der Waals surface area contributed by atoms with Crippen molar-refractivity contribution in [3.05, 3.63) is 81.9 Å². The minimum absolute atomic E-state index is 0.0126. The Morgan fingerprint density at radius 3 is 2.69 bits per heavy atom. The molecule has 1 N–H and O–H groups in total. The summed E-state index contributed by atoms with van der Waals surface area (Å²) >= 11 is 6.54. The van der Waals surface area contributed by atoms with Crippen LogP contribution in [0.1, 0.15) is 55.7 Å². The van der Waals surface area contributed by atoms with Crippen molar-refractivity contribution in [3.63, 3.8) is 0 Å². The number of hydrogen-bond donors (Lipinski definition) is 1. The lowest BCUT2D eigenvalue weighted by atomic mass is 9.85. The Bertz CT molecular complexity index is 1540. The third-order valence-electron chi connectivity index (χ3n) is 7.86. The number of nitrogens with zero attached hydrogens (tertiary/aromatic N) is 1. The minimum Gasteiger partial charge on any atom is -0.488 e. The number of hydrogen-bond acceptors (Lipinski definition) is 7. The quantitative estimate of drug-likeness (QED) is 0.206. The topological polar surface area (TPSA) is 99.0 Å². The van der Waals surface area contributed by atoms with Gasteiger partial charge in [0.1, 0.15) is 18.2 Å². The first-order valence-corrected chi connectivity index (χ1v) is 15.5. The van der Waals surface area contributed by atoms with Crippen molar-refractivity contribution in [1.82, 2.24) is 5.32 Å². The van der Waals surface area contributed by atoms with Crippen LogP contribution in [0.4, 0.5) is 13.6 Å².